The first-order valence-corrected chi connectivity index (χ1v) is 5.31. The van der Waals surface area contributed by atoms with Crippen LogP contribution in [-0.4, -0.2) is 25.7 Å². The summed E-state index contributed by atoms with van der Waals surface area (Å²) in [6.45, 7) is 0.751. The highest BCUT2D eigenvalue weighted by molar-refractivity contribution is 6.33. The lowest BCUT2D eigenvalue weighted by Gasteiger charge is -2.08. The van der Waals surface area contributed by atoms with Gasteiger partial charge in [-0.1, -0.05) is 11.6 Å². The third kappa shape index (κ3) is 4.72. The van der Waals surface area contributed by atoms with Gasteiger partial charge < -0.3 is 15.8 Å². The highest BCUT2D eigenvalue weighted by atomic mass is 35.5. The highest BCUT2D eigenvalue weighted by Crippen LogP contribution is 2.22. The molecule has 6 heteroatoms. The van der Waals surface area contributed by atoms with Crippen LogP contribution in [-0.2, 0) is 9.53 Å². The number of nitriles is 1. The van der Waals surface area contributed by atoms with Crippen LogP contribution in [0.1, 0.15) is 5.56 Å². The van der Waals surface area contributed by atoms with Crippen molar-refractivity contribution >= 4 is 23.2 Å². The number of carbonyl (C=O) groups excluding carboxylic acids is 1. The molecule has 0 unspecified atom stereocenters. The molecule has 0 aliphatic heterocycles. The first-order valence-electron chi connectivity index (χ1n) is 4.93. The van der Waals surface area contributed by atoms with Gasteiger partial charge in [0.05, 0.1) is 28.9 Å². The molecule has 0 radical (unpaired) electrons. The quantitative estimate of drug-likeness (QED) is 0.744. The van der Waals surface area contributed by atoms with Crippen molar-refractivity contribution in [2.75, 3.05) is 25.1 Å². The Labute approximate surface area is 104 Å². The van der Waals surface area contributed by atoms with Crippen LogP contribution in [0.2, 0.25) is 5.02 Å². The van der Waals surface area contributed by atoms with E-state index in [1.54, 1.807) is 18.2 Å². The van der Waals surface area contributed by atoms with Gasteiger partial charge in [0.25, 0.3) is 0 Å². The number of halogens is 1. The fourth-order valence-corrected chi connectivity index (χ4v) is 1.41. The average Bonchev–Trinajstić information content (AvgIpc) is 2.30. The van der Waals surface area contributed by atoms with Gasteiger partial charge in [0.2, 0.25) is 5.91 Å². The van der Waals surface area contributed by atoms with Crippen LogP contribution in [0.3, 0.4) is 0 Å². The summed E-state index contributed by atoms with van der Waals surface area (Å²) in [7, 11) is 0. The Kier molecular flexibility index (Phi) is 5.27. The van der Waals surface area contributed by atoms with E-state index in [1.807, 2.05) is 6.07 Å². The van der Waals surface area contributed by atoms with E-state index in [2.05, 4.69) is 5.32 Å². The molecule has 0 aliphatic rings. The number of hydrogen-bond acceptors (Lipinski definition) is 4. The van der Waals surface area contributed by atoms with Crippen LogP contribution in [0.4, 0.5) is 5.69 Å². The maximum Gasteiger partial charge on any atom is 0.243 e. The fraction of sp³-hybridized carbons (Fsp3) is 0.273. The molecule has 17 heavy (non-hydrogen) atoms. The highest BCUT2D eigenvalue weighted by Gasteiger charge is 2.01. The number of benzene rings is 1. The molecule has 1 aromatic carbocycles. The summed E-state index contributed by atoms with van der Waals surface area (Å²) in [5.41, 5.74) is 6.13. The van der Waals surface area contributed by atoms with Gasteiger partial charge in [-0.05, 0) is 18.2 Å². The normalized spacial score (nSPS) is 9.65. The van der Waals surface area contributed by atoms with Gasteiger partial charge in [0, 0.05) is 6.54 Å². The predicted molar refractivity (Wildman–Crippen MR) is 64.7 cm³/mol. The zero-order valence-corrected chi connectivity index (χ0v) is 9.83. The Morgan fingerprint density at radius 1 is 1.59 bits per heavy atom. The first kappa shape index (κ1) is 13.3. The third-order valence-electron chi connectivity index (χ3n) is 1.90. The monoisotopic (exact) mass is 253 g/mol. The molecule has 0 aliphatic carbocycles. The molecule has 0 aromatic heterocycles. The number of hydrogen-bond donors (Lipinski definition) is 2. The Morgan fingerprint density at radius 3 is 2.94 bits per heavy atom. The second kappa shape index (κ2) is 6.74. The molecule has 0 atom stereocenters. The number of nitrogens with two attached hydrogens (primary N) is 1. The van der Waals surface area contributed by atoms with E-state index < -0.39 is 5.91 Å². The van der Waals surface area contributed by atoms with Gasteiger partial charge in [0.15, 0.2) is 0 Å². The summed E-state index contributed by atoms with van der Waals surface area (Å²) in [6, 6.07) is 6.96. The molecule has 5 nitrogen and oxygen atoms in total. The van der Waals surface area contributed by atoms with Crippen molar-refractivity contribution in [3.63, 3.8) is 0 Å². The van der Waals surface area contributed by atoms with E-state index in [0.29, 0.717) is 29.4 Å². The second-order valence-electron chi connectivity index (χ2n) is 3.25. The van der Waals surface area contributed by atoms with Gasteiger partial charge >= 0.3 is 0 Å². The zero-order valence-electron chi connectivity index (χ0n) is 9.07. The molecule has 1 amide bonds. The molecule has 90 valence electrons. The van der Waals surface area contributed by atoms with Gasteiger partial charge in [0.1, 0.15) is 6.61 Å². The Morgan fingerprint density at radius 2 is 2.35 bits per heavy atom. The van der Waals surface area contributed by atoms with E-state index in [4.69, 9.17) is 27.3 Å². The lowest BCUT2D eigenvalue weighted by molar-refractivity contribution is -0.122. The van der Waals surface area contributed by atoms with Gasteiger partial charge in [-0.25, -0.2) is 0 Å². The number of nitrogens with one attached hydrogen (secondary N) is 1. The summed E-state index contributed by atoms with van der Waals surface area (Å²) >= 11 is 5.94. The first-order chi connectivity index (χ1) is 8.13. The number of primary amides is 1. The molecule has 3 N–H and O–H groups in total. The van der Waals surface area contributed by atoms with Crippen molar-refractivity contribution in [1.82, 2.24) is 0 Å². The third-order valence-corrected chi connectivity index (χ3v) is 2.22. The van der Waals surface area contributed by atoms with Crippen molar-refractivity contribution in [2.24, 2.45) is 5.73 Å². The Bertz CT molecular complexity index is 443. The van der Waals surface area contributed by atoms with Gasteiger partial charge in [-0.2, -0.15) is 5.26 Å². The SMILES string of the molecule is N#Cc1ccc(NCCOCC(N)=O)c(Cl)c1. The van der Waals surface area contributed by atoms with Gasteiger partial charge in [-0.3, -0.25) is 4.79 Å². The van der Waals surface area contributed by atoms with Crippen molar-refractivity contribution in [3.05, 3.63) is 28.8 Å². The number of rotatable bonds is 6. The minimum atomic E-state index is -0.499. The van der Waals surface area contributed by atoms with E-state index >= 15 is 0 Å². The molecule has 1 aromatic rings. The zero-order chi connectivity index (χ0) is 12.7. The van der Waals surface area contributed by atoms with E-state index in [9.17, 15) is 4.79 Å². The van der Waals surface area contributed by atoms with Crippen LogP contribution >= 0.6 is 11.6 Å². The largest absolute Gasteiger partial charge is 0.382 e. The van der Waals surface area contributed by atoms with Crippen LogP contribution in [0.25, 0.3) is 0 Å². The van der Waals surface area contributed by atoms with Crippen LogP contribution in [0.15, 0.2) is 18.2 Å². The summed E-state index contributed by atoms with van der Waals surface area (Å²) in [4.78, 5) is 10.4. The molecule has 0 spiro atoms. The van der Waals surface area contributed by atoms with Crippen LogP contribution in [0, 0.1) is 11.3 Å². The lowest BCUT2D eigenvalue weighted by atomic mass is 10.2. The molecular weight excluding hydrogens is 242 g/mol. The van der Waals surface area contributed by atoms with E-state index in [0.717, 1.165) is 0 Å². The van der Waals surface area contributed by atoms with Crippen LogP contribution in [0.5, 0.6) is 0 Å². The molecule has 0 fully saturated rings. The Hall–Kier alpha value is -1.77. The lowest BCUT2D eigenvalue weighted by Crippen LogP contribution is -2.20. The fourth-order valence-electron chi connectivity index (χ4n) is 1.16. The van der Waals surface area contributed by atoms with Crippen molar-refractivity contribution in [1.29, 1.82) is 5.26 Å². The van der Waals surface area contributed by atoms with Crippen molar-refractivity contribution in [2.45, 2.75) is 0 Å². The molecule has 1 rings (SSSR count). The standard InChI is InChI=1S/C11H12ClN3O2/c12-9-5-8(6-13)1-2-10(9)15-3-4-17-7-11(14)16/h1-2,5,15H,3-4,7H2,(H2,14,16). The summed E-state index contributed by atoms with van der Waals surface area (Å²) in [5, 5.41) is 12.1. The van der Waals surface area contributed by atoms with Crippen molar-refractivity contribution in [3.8, 4) is 6.07 Å². The smallest absolute Gasteiger partial charge is 0.243 e. The number of ether oxygens (including phenoxy) is 1. The average molecular weight is 254 g/mol. The number of carbonyl (C=O) groups is 1. The number of amides is 1. The van der Waals surface area contributed by atoms with E-state index in [-0.39, 0.29) is 6.61 Å². The molecular formula is C11H12ClN3O2. The molecule has 0 heterocycles. The second-order valence-corrected chi connectivity index (χ2v) is 3.66. The maximum absolute atomic E-state index is 10.4. The van der Waals surface area contributed by atoms with Crippen LogP contribution < -0.4 is 11.1 Å². The van der Waals surface area contributed by atoms with Gasteiger partial charge in [-0.15, -0.1) is 0 Å². The maximum atomic E-state index is 10.4. The molecule has 0 bridgehead atoms. The topological polar surface area (TPSA) is 88.1 Å². The summed E-state index contributed by atoms with van der Waals surface area (Å²) < 4.78 is 4.97. The van der Waals surface area contributed by atoms with E-state index in [1.165, 1.54) is 0 Å². The van der Waals surface area contributed by atoms with Crippen molar-refractivity contribution < 1.29 is 9.53 Å². The predicted octanol–water partition coefficient (Wildman–Crippen LogP) is 1.13. The molecule has 0 saturated carbocycles. The summed E-state index contributed by atoms with van der Waals surface area (Å²) in [5.74, 6) is -0.499. The number of anilines is 1. The minimum absolute atomic E-state index is 0.0945. The Balaban J connectivity index is 2.37. The number of nitrogens with zero attached hydrogens (tertiary/aromatic N) is 1. The molecule has 0 saturated heterocycles. The minimum Gasteiger partial charge on any atom is -0.382 e. The summed E-state index contributed by atoms with van der Waals surface area (Å²) in [6.07, 6.45) is 0.